The molecular formula is C21H24N4O2. The molecule has 0 saturated carbocycles. The minimum absolute atomic E-state index is 0.000573. The van der Waals surface area contributed by atoms with Gasteiger partial charge in [-0.2, -0.15) is 4.98 Å². The molecule has 6 heteroatoms. The van der Waals surface area contributed by atoms with E-state index in [1.54, 1.807) is 0 Å². The second-order valence-corrected chi connectivity index (χ2v) is 6.14. The summed E-state index contributed by atoms with van der Waals surface area (Å²) < 4.78 is 5.48. The molecule has 27 heavy (non-hydrogen) atoms. The molecule has 140 valence electrons. The number of ether oxygens (including phenoxy) is 1. The molecule has 6 nitrogen and oxygen atoms in total. The van der Waals surface area contributed by atoms with Gasteiger partial charge in [-0.25, -0.2) is 4.98 Å². The topological polar surface area (TPSA) is 79.3 Å². The van der Waals surface area contributed by atoms with Crippen molar-refractivity contribution in [2.24, 2.45) is 0 Å². The third kappa shape index (κ3) is 5.18. The van der Waals surface area contributed by atoms with Gasteiger partial charge in [-0.3, -0.25) is 0 Å². The van der Waals surface area contributed by atoms with Gasteiger partial charge in [0.25, 0.3) is 0 Å². The van der Waals surface area contributed by atoms with Crippen molar-refractivity contribution < 1.29 is 9.84 Å². The van der Waals surface area contributed by atoms with Gasteiger partial charge in [0.05, 0.1) is 18.9 Å². The Hall–Kier alpha value is -3.12. The Labute approximate surface area is 159 Å². The highest BCUT2D eigenvalue weighted by Gasteiger charge is 2.09. The van der Waals surface area contributed by atoms with Crippen molar-refractivity contribution in [1.82, 2.24) is 9.97 Å². The number of rotatable bonds is 8. The molecule has 0 aliphatic carbocycles. The van der Waals surface area contributed by atoms with E-state index >= 15 is 0 Å². The SMILES string of the molecule is CCOc1ccc(Nc2cc(-c3ccccc3)nc(N[C@H](C)CO)n2)cc1. The van der Waals surface area contributed by atoms with Gasteiger partial charge < -0.3 is 20.5 Å². The monoisotopic (exact) mass is 364 g/mol. The lowest BCUT2D eigenvalue weighted by Crippen LogP contribution is -2.21. The van der Waals surface area contributed by atoms with Crippen LogP contribution in [0.4, 0.5) is 17.5 Å². The first-order valence-corrected chi connectivity index (χ1v) is 8.99. The molecule has 2 aromatic carbocycles. The summed E-state index contributed by atoms with van der Waals surface area (Å²) >= 11 is 0. The molecule has 0 aliphatic rings. The van der Waals surface area contributed by atoms with Crippen LogP contribution in [0.3, 0.4) is 0 Å². The van der Waals surface area contributed by atoms with Gasteiger partial charge >= 0.3 is 0 Å². The first-order chi connectivity index (χ1) is 13.2. The van der Waals surface area contributed by atoms with E-state index in [1.165, 1.54) is 0 Å². The molecule has 3 rings (SSSR count). The molecule has 0 amide bonds. The summed E-state index contributed by atoms with van der Waals surface area (Å²) in [4.78, 5) is 9.10. The summed E-state index contributed by atoms with van der Waals surface area (Å²) in [7, 11) is 0. The fourth-order valence-corrected chi connectivity index (χ4v) is 2.55. The first kappa shape index (κ1) is 18.7. The Kier molecular flexibility index (Phi) is 6.22. The predicted octanol–water partition coefficient (Wildman–Crippen LogP) is 4.08. The summed E-state index contributed by atoms with van der Waals surface area (Å²) in [5.74, 6) is 1.96. The van der Waals surface area contributed by atoms with Gasteiger partial charge in [0.1, 0.15) is 11.6 Å². The molecule has 1 atom stereocenters. The summed E-state index contributed by atoms with van der Waals surface area (Å²) in [6.45, 7) is 4.47. The minimum Gasteiger partial charge on any atom is -0.494 e. The number of hydrogen-bond donors (Lipinski definition) is 3. The van der Waals surface area contributed by atoms with Crippen molar-refractivity contribution >= 4 is 17.5 Å². The highest BCUT2D eigenvalue weighted by molar-refractivity contribution is 5.67. The zero-order chi connectivity index (χ0) is 19.1. The number of nitrogens with one attached hydrogen (secondary N) is 2. The van der Waals surface area contributed by atoms with Gasteiger partial charge in [0, 0.05) is 23.4 Å². The quantitative estimate of drug-likeness (QED) is 0.559. The van der Waals surface area contributed by atoms with Crippen LogP contribution in [-0.2, 0) is 0 Å². The van der Waals surface area contributed by atoms with Crippen LogP contribution in [0.15, 0.2) is 60.7 Å². The highest BCUT2D eigenvalue weighted by atomic mass is 16.5. The number of benzene rings is 2. The maximum atomic E-state index is 9.31. The van der Waals surface area contributed by atoms with Crippen LogP contribution in [0, 0.1) is 0 Å². The molecule has 0 spiro atoms. The van der Waals surface area contributed by atoms with E-state index < -0.39 is 0 Å². The highest BCUT2D eigenvalue weighted by Crippen LogP contribution is 2.24. The molecule has 0 aliphatic heterocycles. The van der Waals surface area contributed by atoms with Gasteiger partial charge in [0.2, 0.25) is 5.95 Å². The molecule has 0 unspecified atom stereocenters. The van der Waals surface area contributed by atoms with Crippen LogP contribution in [-0.4, -0.2) is 34.3 Å². The van der Waals surface area contributed by atoms with Crippen LogP contribution in [0.5, 0.6) is 5.75 Å². The number of hydrogen-bond acceptors (Lipinski definition) is 6. The summed E-state index contributed by atoms with van der Waals surface area (Å²) in [5, 5.41) is 15.7. The van der Waals surface area contributed by atoms with E-state index in [0.717, 1.165) is 22.7 Å². The van der Waals surface area contributed by atoms with Gasteiger partial charge in [-0.1, -0.05) is 30.3 Å². The Balaban J connectivity index is 1.89. The van der Waals surface area contributed by atoms with Crippen LogP contribution in [0.2, 0.25) is 0 Å². The molecule has 0 radical (unpaired) electrons. The standard InChI is InChI=1S/C21H24N4O2/c1-3-27-18-11-9-17(10-12-18)23-20-13-19(16-7-5-4-6-8-16)24-21(25-20)22-15(2)14-26/h4-13,15,26H,3,14H2,1-2H3,(H2,22,23,24,25)/t15-/m1/s1. The van der Waals surface area contributed by atoms with Gasteiger partial charge in [-0.15, -0.1) is 0 Å². The molecule has 0 bridgehead atoms. The van der Waals surface area contributed by atoms with E-state index in [9.17, 15) is 5.11 Å². The Morgan fingerprint density at radius 1 is 1.04 bits per heavy atom. The zero-order valence-corrected chi connectivity index (χ0v) is 15.5. The lowest BCUT2D eigenvalue weighted by Gasteiger charge is -2.14. The Morgan fingerprint density at radius 2 is 1.78 bits per heavy atom. The summed E-state index contributed by atoms with van der Waals surface area (Å²) in [6, 6.07) is 19.4. The third-order valence-electron chi connectivity index (χ3n) is 3.88. The number of aromatic nitrogens is 2. The Morgan fingerprint density at radius 3 is 2.44 bits per heavy atom. The zero-order valence-electron chi connectivity index (χ0n) is 15.5. The van der Waals surface area contributed by atoms with Crippen molar-refractivity contribution in [1.29, 1.82) is 0 Å². The second kappa shape index (κ2) is 9.00. The average molecular weight is 364 g/mol. The van der Waals surface area contributed by atoms with E-state index in [-0.39, 0.29) is 12.6 Å². The van der Waals surface area contributed by atoms with Crippen LogP contribution in [0.1, 0.15) is 13.8 Å². The fraction of sp³-hybridized carbons (Fsp3) is 0.238. The second-order valence-electron chi connectivity index (χ2n) is 6.14. The lowest BCUT2D eigenvalue weighted by atomic mass is 10.1. The molecule has 0 saturated heterocycles. The van der Waals surface area contributed by atoms with Crippen LogP contribution < -0.4 is 15.4 Å². The van der Waals surface area contributed by atoms with E-state index in [4.69, 9.17) is 4.74 Å². The molecule has 1 aromatic heterocycles. The third-order valence-corrected chi connectivity index (χ3v) is 3.88. The number of aliphatic hydroxyl groups is 1. The van der Waals surface area contributed by atoms with Gasteiger partial charge in [-0.05, 0) is 38.1 Å². The van der Waals surface area contributed by atoms with Crippen molar-refractivity contribution in [2.45, 2.75) is 19.9 Å². The number of anilines is 3. The minimum atomic E-state index is -0.144. The predicted molar refractivity (Wildman–Crippen MR) is 109 cm³/mol. The summed E-state index contributed by atoms with van der Waals surface area (Å²) in [6.07, 6.45) is 0. The largest absolute Gasteiger partial charge is 0.494 e. The van der Waals surface area contributed by atoms with Crippen molar-refractivity contribution in [3.05, 3.63) is 60.7 Å². The molecule has 1 heterocycles. The maximum absolute atomic E-state index is 9.31. The molecular weight excluding hydrogens is 340 g/mol. The van der Waals surface area contributed by atoms with Crippen molar-refractivity contribution in [3.8, 4) is 17.0 Å². The first-order valence-electron chi connectivity index (χ1n) is 8.99. The Bertz CT molecular complexity index is 854. The molecule has 0 fully saturated rings. The van der Waals surface area contributed by atoms with E-state index in [1.807, 2.05) is 74.5 Å². The van der Waals surface area contributed by atoms with Crippen molar-refractivity contribution in [2.75, 3.05) is 23.8 Å². The normalized spacial score (nSPS) is 11.7. The van der Waals surface area contributed by atoms with Crippen LogP contribution >= 0.6 is 0 Å². The van der Waals surface area contributed by atoms with Crippen molar-refractivity contribution in [3.63, 3.8) is 0 Å². The summed E-state index contributed by atoms with van der Waals surface area (Å²) in [5.41, 5.74) is 2.69. The van der Waals surface area contributed by atoms with E-state index in [0.29, 0.717) is 18.4 Å². The fourth-order valence-electron chi connectivity index (χ4n) is 2.55. The van der Waals surface area contributed by atoms with E-state index in [2.05, 4.69) is 20.6 Å². The number of aliphatic hydroxyl groups excluding tert-OH is 1. The maximum Gasteiger partial charge on any atom is 0.225 e. The van der Waals surface area contributed by atoms with Gasteiger partial charge in [0.15, 0.2) is 0 Å². The smallest absolute Gasteiger partial charge is 0.225 e. The molecule has 3 aromatic rings. The average Bonchev–Trinajstić information content (AvgIpc) is 2.70. The number of nitrogens with zero attached hydrogens (tertiary/aromatic N) is 2. The van der Waals surface area contributed by atoms with Crippen LogP contribution in [0.25, 0.3) is 11.3 Å². The lowest BCUT2D eigenvalue weighted by molar-refractivity contribution is 0.281. The molecule has 3 N–H and O–H groups in total.